The summed E-state index contributed by atoms with van der Waals surface area (Å²) >= 11 is 0. The van der Waals surface area contributed by atoms with Gasteiger partial charge in [-0.3, -0.25) is 0 Å². The monoisotopic (exact) mass is 470 g/mol. The van der Waals surface area contributed by atoms with E-state index in [9.17, 15) is 0 Å². The number of hydrogen-bond donors (Lipinski definition) is 0. The zero-order valence-electron chi connectivity index (χ0n) is 19.4. The third kappa shape index (κ3) is 6.39. The maximum Gasteiger partial charge on any atom is 0.0537 e. The Morgan fingerprint density at radius 1 is 0.455 bits per heavy atom. The zero-order valence-corrected chi connectivity index (χ0v) is 21.2. The van der Waals surface area contributed by atoms with Gasteiger partial charge in [0.15, 0.2) is 0 Å². The van der Waals surface area contributed by atoms with E-state index in [-0.39, 0.29) is 0 Å². The van der Waals surface area contributed by atoms with Crippen LogP contribution in [0.2, 0.25) is 0 Å². The van der Waals surface area contributed by atoms with Gasteiger partial charge < -0.3 is 4.74 Å². The van der Waals surface area contributed by atoms with Gasteiger partial charge in [-0.25, -0.2) is 0 Å². The second-order valence-electron chi connectivity index (χ2n) is 8.32. The van der Waals surface area contributed by atoms with Crippen LogP contribution in [-0.2, 0) is 4.74 Å². The molecule has 0 saturated heterocycles. The summed E-state index contributed by atoms with van der Waals surface area (Å²) in [6.45, 7) is 6.22. The van der Waals surface area contributed by atoms with Crippen molar-refractivity contribution < 1.29 is 4.74 Å². The van der Waals surface area contributed by atoms with Crippen molar-refractivity contribution in [2.24, 2.45) is 0 Å². The third-order valence-corrected chi connectivity index (χ3v) is 11.2. The lowest BCUT2D eigenvalue weighted by molar-refractivity contribution is 0.140. The average molecular weight is 471 g/mol. The van der Waals surface area contributed by atoms with Crippen LogP contribution >= 0.6 is 15.8 Å². The molecular weight excluding hydrogens is 438 g/mol. The highest BCUT2D eigenvalue weighted by Crippen LogP contribution is 2.41. The highest BCUT2D eigenvalue weighted by molar-refractivity contribution is 7.74. The van der Waals surface area contributed by atoms with Gasteiger partial charge in [-0.2, -0.15) is 0 Å². The second-order valence-corrected chi connectivity index (χ2v) is 13.6. The molecule has 0 spiro atoms. The van der Waals surface area contributed by atoms with Crippen LogP contribution in [0.3, 0.4) is 0 Å². The Kier molecular flexibility index (Phi) is 8.85. The van der Waals surface area contributed by atoms with E-state index >= 15 is 0 Å². The van der Waals surface area contributed by atoms with Crippen molar-refractivity contribution in [1.29, 1.82) is 0 Å². The van der Waals surface area contributed by atoms with E-state index < -0.39 is 15.8 Å². The molecule has 4 aromatic rings. The Hall–Kier alpha value is -2.30. The molecule has 4 rings (SSSR count). The molecule has 1 nitrogen and oxygen atoms in total. The van der Waals surface area contributed by atoms with Crippen molar-refractivity contribution in [3.8, 4) is 0 Å². The number of ether oxygens (including phenoxy) is 1. The molecule has 0 aliphatic heterocycles. The van der Waals surface area contributed by atoms with E-state index in [1.165, 1.54) is 21.2 Å². The average Bonchev–Trinajstić information content (AvgIpc) is 2.87. The van der Waals surface area contributed by atoms with Crippen molar-refractivity contribution in [3.63, 3.8) is 0 Å². The minimum absolute atomic E-state index is 0.441. The molecule has 3 heteroatoms. The quantitative estimate of drug-likeness (QED) is 0.257. The SMILES string of the molecule is C[C@H](COC[C@@H](C)P(c1ccccc1)c1ccccc1)P(c1ccccc1)c1ccccc1. The summed E-state index contributed by atoms with van der Waals surface area (Å²) < 4.78 is 6.44. The maximum atomic E-state index is 6.44. The summed E-state index contributed by atoms with van der Waals surface area (Å²) in [6, 6.07) is 43.7. The van der Waals surface area contributed by atoms with Crippen LogP contribution in [0, 0.1) is 0 Å². The molecule has 0 radical (unpaired) electrons. The first-order chi connectivity index (χ1) is 16.2. The third-order valence-electron chi connectivity index (χ3n) is 5.74. The molecule has 0 unspecified atom stereocenters. The molecule has 0 aliphatic rings. The summed E-state index contributed by atoms with van der Waals surface area (Å²) in [5.74, 6) is 0. The molecule has 4 aromatic carbocycles. The Morgan fingerprint density at radius 2 is 0.697 bits per heavy atom. The van der Waals surface area contributed by atoms with Crippen LogP contribution in [0.1, 0.15) is 13.8 Å². The van der Waals surface area contributed by atoms with Crippen LogP contribution in [0.15, 0.2) is 121 Å². The predicted octanol–water partition coefficient (Wildman–Crippen LogP) is 6.05. The first kappa shape index (κ1) is 23.8. The lowest BCUT2D eigenvalue weighted by Crippen LogP contribution is -2.27. The topological polar surface area (TPSA) is 9.23 Å². The fourth-order valence-corrected chi connectivity index (χ4v) is 9.34. The second kappa shape index (κ2) is 12.2. The van der Waals surface area contributed by atoms with Gasteiger partial charge in [-0.1, -0.05) is 135 Å². The van der Waals surface area contributed by atoms with E-state index in [0.717, 1.165) is 13.2 Å². The summed E-state index contributed by atoms with van der Waals surface area (Å²) in [5.41, 5.74) is 0.883. The summed E-state index contributed by atoms with van der Waals surface area (Å²) in [7, 11) is -0.931. The van der Waals surface area contributed by atoms with E-state index in [2.05, 4.69) is 135 Å². The van der Waals surface area contributed by atoms with Crippen LogP contribution in [0.4, 0.5) is 0 Å². The van der Waals surface area contributed by atoms with Gasteiger partial charge in [-0.15, -0.1) is 0 Å². The largest absolute Gasteiger partial charge is 0.380 e. The normalized spacial score (nSPS) is 13.2. The van der Waals surface area contributed by atoms with Crippen molar-refractivity contribution >= 4 is 37.1 Å². The minimum Gasteiger partial charge on any atom is -0.380 e. The highest BCUT2D eigenvalue weighted by Gasteiger charge is 2.24. The summed E-state index contributed by atoms with van der Waals surface area (Å²) in [4.78, 5) is 0. The zero-order chi connectivity index (χ0) is 22.9. The summed E-state index contributed by atoms with van der Waals surface area (Å²) in [5, 5.41) is 5.66. The molecule has 33 heavy (non-hydrogen) atoms. The van der Waals surface area contributed by atoms with Gasteiger partial charge in [0.25, 0.3) is 0 Å². The molecule has 0 heterocycles. The Balaban J connectivity index is 1.46. The molecular formula is C30H32OP2. The van der Waals surface area contributed by atoms with Crippen molar-refractivity contribution in [3.05, 3.63) is 121 Å². The van der Waals surface area contributed by atoms with Crippen molar-refractivity contribution in [1.82, 2.24) is 0 Å². The Bertz CT molecular complexity index is 903. The first-order valence-corrected chi connectivity index (χ1v) is 14.4. The van der Waals surface area contributed by atoms with Crippen LogP contribution in [-0.4, -0.2) is 24.5 Å². The molecule has 0 bridgehead atoms. The summed E-state index contributed by atoms with van der Waals surface area (Å²) in [6.07, 6.45) is 0. The van der Waals surface area contributed by atoms with E-state index in [4.69, 9.17) is 4.74 Å². The fraction of sp³-hybridized carbons (Fsp3) is 0.200. The van der Waals surface area contributed by atoms with Crippen molar-refractivity contribution in [2.75, 3.05) is 13.2 Å². The number of benzene rings is 4. The molecule has 0 aliphatic carbocycles. The van der Waals surface area contributed by atoms with Crippen LogP contribution in [0.25, 0.3) is 0 Å². The fourth-order valence-electron chi connectivity index (χ4n) is 4.23. The van der Waals surface area contributed by atoms with Crippen molar-refractivity contribution in [2.45, 2.75) is 25.2 Å². The van der Waals surface area contributed by atoms with Gasteiger partial charge >= 0.3 is 0 Å². The van der Waals surface area contributed by atoms with E-state index in [1.54, 1.807) is 0 Å². The molecule has 0 aromatic heterocycles. The molecule has 0 N–H and O–H groups in total. The molecule has 0 fully saturated rings. The molecule has 0 saturated carbocycles. The van der Waals surface area contributed by atoms with Crippen LogP contribution < -0.4 is 21.2 Å². The standard InChI is InChI=1S/C30H32OP2/c1-25(32(27-15-7-3-8-16-27)28-17-9-4-10-18-28)23-31-24-26(2)33(29-19-11-5-12-20-29)30-21-13-6-14-22-30/h3-22,25-26H,23-24H2,1-2H3/t25-,26-/m1/s1. The van der Waals surface area contributed by atoms with E-state index in [0.29, 0.717) is 11.3 Å². The highest BCUT2D eigenvalue weighted by atomic mass is 31.1. The van der Waals surface area contributed by atoms with E-state index in [1.807, 2.05) is 0 Å². The van der Waals surface area contributed by atoms with Gasteiger partial charge in [0.05, 0.1) is 13.2 Å². The Labute approximate surface area is 201 Å². The minimum atomic E-state index is -0.466. The molecule has 0 amide bonds. The number of rotatable bonds is 10. The smallest absolute Gasteiger partial charge is 0.0537 e. The van der Waals surface area contributed by atoms with Gasteiger partial charge in [-0.05, 0) is 37.1 Å². The van der Waals surface area contributed by atoms with Gasteiger partial charge in [0.2, 0.25) is 0 Å². The molecule has 2 atom stereocenters. The lowest BCUT2D eigenvalue weighted by atomic mass is 10.4. The van der Waals surface area contributed by atoms with Gasteiger partial charge in [0.1, 0.15) is 0 Å². The van der Waals surface area contributed by atoms with Gasteiger partial charge in [0, 0.05) is 11.3 Å². The first-order valence-electron chi connectivity index (χ1n) is 11.6. The van der Waals surface area contributed by atoms with Crippen LogP contribution in [0.5, 0.6) is 0 Å². The Morgan fingerprint density at radius 3 is 0.939 bits per heavy atom. The molecule has 168 valence electrons. The number of hydrogen-bond acceptors (Lipinski definition) is 1. The maximum absolute atomic E-state index is 6.44. The lowest BCUT2D eigenvalue weighted by Gasteiger charge is -2.28. The predicted molar refractivity (Wildman–Crippen MR) is 148 cm³/mol.